The van der Waals surface area contributed by atoms with Crippen molar-refractivity contribution in [2.24, 2.45) is 0 Å². The summed E-state index contributed by atoms with van der Waals surface area (Å²) >= 11 is 0. The fourth-order valence-electron chi connectivity index (χ4n) is 1.68. The van der Waals surface area contributed by atoms with E-state index in [0.29, 0.717) is 12.1 Å². The predicted molar refractivity (Wildman–Crippen MR) is 59.7 cm³/mol. The molecule has 0 fully saturated rings. The number of halogens is 3. The number of alkyl halides is 3. The van der Waals surface area contributed by atoms with E-state index >= 15 is 0 Å². The lowest BCUT2D eigenvalue weighted by atomic mass is 10.1. The molecule has 0 spiro atoms. The van der Waals surface area contributed by atoms with E-state index < -0.39 is 17.5 Å². The van der Waals surface area contributed by atoms with E-state index in [2.05, 4.69) is 0 Å². The summed E-state index contributed by atoms with van der Waals surface area (Å²) in [5, 5.41) is 9.17. The Hall–Kier alpha value is -1.23. The van der Waals surface area contributed by atoms with Gasteiger partial charge in [-0.15, -0.1) is 0 Å². The molecule has 0 aromatic heterocycles. The number of phenolic OH excluding ortho intramolecular Hbond substituents is 1. The highest BCUT2D eigenvalue weighted by Crippen LogP contribution is 2.36. The summed E-state index contributed by atoms with van der Waals surface area (Å²) in [6.45, 7) is 3.27. The smallest absolute Gasteiger partial charge is 0.419 e. The highest BCUT2D eigenvalue weighted by Gasteiger charge is 2.33. The lowest BCUT2D eigenvalue weighted by Crippen LogP contribution is -2.18. The second kappa shape index (κ2) is 5.40. The molecule has 0 unspecified atom stereocenters. The maximum Gasteiger partial charge on any atom is 0.419 e. The van der Waals surface area contributed by atoms with Gasteiger partial charge in [0.15, 0.2) is 0 Å². The Morgan fingerprint density at radius 2 is 1.94 bits per heavy atom. The van der Waals surface area contributed by atoms with Crippen LogP contribution in [0.4, 0.5) is 13.2 Å². The van der Waals surface area contributed by atoms with E-state index in [1.165, 1.54) is 6.07 Å². The lowest BCUT2D eigenvalue weighted by molar-refractivity contribution is -0.138. The van der Waals surface area contributed by atoms with Gasteiger partial charge in [0.1, 0.15) is 5.75 Å². The van der Waals surface area contributed by atoms with Crippen molar-refractivity contribution in [3.8, 4) is 5.75 Å². The summed E-state index contributed by atoms with van der Waals surface area (Å²) in [7, 11) is 1.85. The number of hydrogen-bond acceptors (Lipinski definition) is 2. The molecular formula is C12H16F3NO. The molecule has 0 atom stereocenters. The van der Waals surface area contributed by atoms with Crippen molar-refractivity contribution in [2.75, 3.05) is 13.6 Å². The average Bonchev–Trinajstić information content (AvgIpc) is 2.19. The number of aromatic hydroxyl groups is 1. The van der Waals surface area contributed by atoms with E-state index in [1.807, 2.05) is 18.9 Å². The minimum absolute atomic E-state index is 0.442. The highest BCUT2D eigenvalue weighted by molar-refractivity contribution is 5.38. The number of phenols is 1. The van der Waals surface area contributed by atoms with Crippen LogP contribution in [-0.2, 0) is 12.7 Å². The summed E-state index contributed by atoms with van der Waals surface area (Å²) < 4.78 is 37.6. The van der Waals surface area contributed by atoms with Crippen molar-refractivity contribution < 1.29 is 18.3 Å². The predicted octanol–water partition coefficient (Wildman–Crippen LogP) is 3.25. The van der Waals surface area contributed by atoms with Gasteiger partial charge in [0.2, 0.25) is 0 Å². The molecule has 0 aliphatic heterocycles. The highest BCUT2D eigenvalue weighted by atomic mass is 19.4. The monoisotopic (exact) mass is 247 g/mol. The summed E-state index contributed by atoms with van der Waals surface area (Å²) in [6.07, 6.45) is -3.57. The van der Waals surface area contributed by atoms with E-state index in [1.54, 1.807) is 0 Å². The van der Waals surface area contributed by atoms with Gasteiger partial charge in [-0.25, -0.2) is 0 Å². The minimum atomic E-state index is -4.51. The lowest BCUT2D eigenvalue weighted by Gasteiger charge is -2.17. The van der Waals surface area contributed by atoms with Gasteiger partial charge in [0.25, 0.3) is 0 Å². The molecule has 96 valence electrons. The van der Waals surface area contributed by atoms with E-state index in [-0.39, 0.29) is 0 Å². The van der Waals surface area contributed by atoms with Crippen molar-refractivity contribution in [1.29, 1.82) is 0 Å². The average molecular weight is 247 g/mol. The minimum Gasteiger partial charge on any atom is -0.507 e. The fourth-order valence-corrected chi connectivity index (χ4v) is 1.68. The van der Waals surface area contributed by atoms with Crippen LogP contribution in [0.15, 0.2) is 18.2 Å². The first-order valence-electron chi connectivity index (χ1n) is 5.42. The van der Waals surface area contributed by atoms with E-state index in [4.69, 9.17) is 0 Å². The molecule has 17 heavy (non-hydrogen) atoms. The second-order valence-electron chi connectivity index (χ2n) is 4.09. The Kier molecular flexibility index (Phi) is 4.40. The zero-order valence-electron chi connectivity index (χ0n) is 9.88. The van der Waals surface area contributed by atoms with Crippen LogP contribution < -0.4 is 0 Å². The summed E-state index contributed by atoms with van der Waals surface area (Å²) in [6, 6.07) is 3.61. The second-order valence-corrected chi connectivity index (χ2v) is 4.09. The van der Waals surface area contributed by atoms with Crippen LogP contribution in [0.5, 0.6) is 5.75 Å². The standard InChI is InChI=1S/C12H16F3NO/c1-3-6-16(2)8-9-4-5-11(17)10(7-9)12(13,14)15/h4-5,7,17H,3,6,8H2,1-2H3. The zero-order chi connectivity index (χ0) is 13.1. The van der Waals surface area contributed by atoms with Gasteiger partial charge in [0, 0.05) is 6.54 Å². The molecule has 0 saturated carbocycles. The molecule has 2 nitrogen and oxygen atoms in total. The van der Waals surface area contributed by atoms with Crippen LogP contribution >= 0.6 is 0 Å². The molecule has 0 aliphatic carbocycles. The normalized spacial score (nSPS) is 12.1. The van der Waals surface area contributed by atoms with Crippen LogP contribution in [0.1, 0.15) is 24.5 Å². The van der Waals surface area contributed by atoms with Crippen molar-refractivity contribution in [3.05, 3.63) is 29.3 Å². The van der Waals surface area contributed by atoms with Crippen molar-refractivity contribution in [2.45, 2.75) is 26.1 Å². The third kappa shape index (κ3) is 3.93. The number of rotatable bonds is 4. The first-order valence-corrected chi connectivity index (χ1v) is 5.42. The quantitative estimate of drug-likeness (QED) is 0.882. The topological polar surface area (TPSA) is 23.5 Å². The molecule has 1 N–H and O–H groups in total. The third-order valence-electron chi connectivity index (χ3n) is 2.42. The van der Waals surface area contributed by atoms with Gasteiger partial charge in [-0.1, -0.05) is 13.0 Å². The molecule has 1 aromatic carbocycles. The van der Waals surface area contributed by atoms with Gasteiger partial charge in [-0.05, 0) is 37.7 Å². The van der Waals surface area contributed by atoms with Gasteiger partial charge in [-0.2, -0.15) is 13.2 Å². The van der Waals surface area contributed by atoms with Crippen LogP contribution in [0.2, 0.25) is 0 Å². The Labute approximate surface area is 98.7 Å². The van der Waals surface area contributed by atoms with Crippen LogP contribution in [0.3, 0.4) is 0 Å². The van der Waals surface area contributed by atoms with Crippen LogP contribution in [0.25, 0.3) is 0 Å². The van der Waals surface area contributed by atoms with Crippen molar-refractivity contribution >= 4 is 0 Å². The molecular weight excluding hydrogens is 231 g/mol. The summed E-state index contributed by atoms with van der Waals surface area (Å²) in [5.74, 6) is -0.723. The number of hydrogen-bond donors (Lipinski definition) is 1. The maximum absolute atomic E-state index is 12.5. The SMILES string of the molecule is CCCN(C)Cc1ccc(O)c(C(F)(F)F)c1. The van der Waals surface area contributed by atoms with E-state index in [9.17, 15) is 18.3 Å². The van der Waals surface area contributed by atoms with E-state index in [0.717, 1.165) is 25.1 Å². The maximum atomic E-state index is 12.5. The Morgan fingerprint density at radius 3 is 2.47 bits per heavy atom. The largest absolute Gasteiger partial charge is 0.507 e. The van der Waals surface area contributed by atoms with Crippen molar-refractivity contribution in [3.63, 3.8) is 0 Å². The molecule has 0 amide bonds. The fraction of sp³-hybridized carbons (Fsp3) is 0.500. The van der Waals surface area contributed by atoms with Gasteiger partial charge < -0.3 is 10.0 Å². The third-order valence-corrected chi connectivity index (χ3v) is 2.42. The molecule has 5 heteroatoms. The molecule has 0 radical (unpaired) electrons. The van der Waals surface area contributed by atoms with Gasteiger partial charge in [0.05, 0.1) is 5.56 Å². The Balaban J connectivity index is 2.89. The van der Waals surface area contributed by atoms with Crippen molar-refractivity contribution in [1.82, 2.24) is 4.90 Å². The molecule has 0 aliphatic rings. The Morgan fingerprint density at radius 1 is 1.29 bits per heavy atom. The molecule has 0 bridgehead atoms. The van der Waals surface area contributed by atoms with Gasteiger partial charge >= 0.3 is 6.18 Å². The molecule has 0 saturated heterocycles. The molecule has 1 rings (SSSR count). The molecule has 0 heterocycles. The summed E-state index contributed by atoms with van der Waals surface area (Å²) in [4.78, 5) is 1.94. The summed E-state index contributed by atoms with van der Waals surface area (Å²) in [5.41, 5.74) is -0.425. The number of nitrogens with zero attached hydrogens (tertiary/aromatic N) is 1. The van der Waals surface area contributed by atoms with Crippen LogP contribution in [0, 0.1) is 0 Å². The first kappa shape index (κ1) is 13.8. The number of benzene rings is 1. The molecule has 1 aromatic rings. The van der Waals surface area contributed by atoms with Gasteiger partial charge in [-0.3, -0.25) is 0 Å². The zero-order valence-corrected chi connectivity index (χ0v) is 9.88. The Bertz CT molecular complexity index is 377. The first-order chi connectivity index (χ1) is 7.84. The van der Waals surface area contributed by atoms with Crippen LogP contribution in [-0.4, -0.2) is 23.6 Å².